The van der Waals surface area contributed by atoms with Crippen LogP contribution in [0.4, 0.5) is 13.2 Å². The number of thioether (sulfide) groups is 2. The molecule has 1 saturated heterocycles. The van der Waals surface area contributed by atoms with Gasteiger partial charge in [0.05, 0.1) is 17.6 Å². The number of hydrogen-bond donors (Lipinski definition) is 0. The summed E-state index contributed by atoms with van der Waals surface area (Å²) in [7, 11) is 1.39. The minimum absolute atomic E-state index is 0.124. The number of carbonyl (C=O) groups excluding carboxylic acids is 1. The van der Waals surface area contributed by atoms with Crippen molar-refractivity contribution in [2.24, 2.45) is 5.92 Å². The van der Waals surface area contributed by atoms with Crippen LogP contribution in [0.1, 0.15) is 23.5 Å². The summed E-state index contributed by atoms with van der Waals surface area (Å²) in [6, 6.07) is 15.6. The fraction of sp³-hybridized carbons (Fsp3) is 0.348. The molecule has 0 N–H and O–H groups in total. The zero-order valence-corrected chi connectivity index (χ0v) is 18.4. The highest BCUT2D eigenvalue weighted by Gasteiger charge is 2.49. The summed E-state index contributed by atoms with van der Waals surface area (Å²) < 4.78 is 47.0. The monoisotopic (exact) mass is 466 g/mol. The minimum atomic E-state index is -4.74. The maximum absolute atomic E-state index is 12.8. The number of halogens is 3. The van der Waals surface area contributed by atoms with Crippen molar-refractivity contribution in [1.82, 2.24) is 0 Å². The van der Waals surface area contributed by atoms with Crippen molar-refractivity contribution in [3.63, 3.8) is 0 Å². The van der Waals surface area contributed by atoms with Crippen molar-refractivity contribution in [1.29, 1.82) is 0 Å². The van der Waals surface area contributed by atoms with Crippen LogP contribution in [0.25, 0.3) is 5.57 Å². The van der Waals surface area contributed by atoms with Gasteiger partial charge in [-0.25, -0.2) is 0 Å². The van der Waals surface area contributed by atoms with E-state index in [1.54, 1.807) is 12.1 Å². The Bertz CT molecular complexity index is 952. The molecule has 4 rings (SSSR count). The molecule has 0 bridgehead atoms. The van der Waals surface area contributed by atoms with E-state index in [0.717, 1.165) is 40.2 Å². The van der Waals surface area contributed by atoms with E-state index in [4.69, 9.17) is 4.74 Å². The van der Waals surface area contributed by atoms with E-state index >= 15 is 0 Å². The average molecular weight is 467 g/mol. The summed E-state index contributed by atoms with van der Waals surface area (Å²) in [5, 5.41) is 0. The molecule has 1 aliphatic heterocycles. The molecular formula is C23H21F3O3S2. The largest absolute Gasteiger partial charge is 0.573 e. The number of rotatable bonds is 5. The lowest BCUT2D eigenvalue weighted by Gasteiger charge is -2.44. The van der Waals surface area contributed by atoms with Crippen molar-refractivity contribution in [3.8, 4) is 5.75 Å². The molecular weight excluding hydrogens is 445 g/mol. The lowest BCUT2D eigenvalue weighted by molar-refractivity contribution is -0.274. The van der Waals surface area contributed by atoms with Gasteiger partial charge in [0.1, 0.15) is 5.75 Å². The second-order valence-corrected chi connectivity index (χ2v) is 9.98. The highest BCUT2D eigenvalue weighted by molar-refractivity contribution is 8.17. The van der Waals surface area contributed by atoms with Gasteiger partial charge in [-0.15, -0.1) is 36.7 Å². The van der Waals surface area contributed by atoms with Crippen LogP contribution in [-0.4, -0.2) is 35.5 Å². The van der Waals surface area contributed by atoms with Crippen LogP contribution in [-0.2, 0) is 9.53 Å². The van der Waals surface area contributed by atoms with Gasteiger partial charge in [-0.1, -0.05) is 42.5 Å². The molecule has 1 heterocycles. The quantitative estimate of drug-likeness (QED) is 0.496. The summed E-state index contributed by atoms with van der Waals surface area (Å²) in [6.07, 6.45) is -3.62. The van der Waals surface area contributed by atoms with Crippen molar-refractivity contribution in [2.45, 2.75) is 23.3 Å². The van der Waals surface area contributed by atoms with Crippen LogP contribution in [0.5, 0.6) is 5.75 Å². The van der Waals surface area contributed by atoms with E-state index in [-0.39, 0.29) is 22.2 Å². The molecule has 0 radical (unpaired) electrons. The molecule has 2 atom stereocenters. The number of esters is 1. The van der Waals surface area contributed by atoms with E-state index in [1.165, 1.54) is 19.2 Å². The second-order valence-electron chi connectivity index (χ2n) is 7.26. The summed E-state index contributed by atoms with van der Waals surface area (Å²) in [5.74, 6) is 0.863. The summed E-state index contributed by atoms with van der Waals surface area (Å²) >= 11 is 3.62. The lowest BCUT2D eigenvalue weighted by atomic mass is 9.63. The molecule has 164 valence electrons. The fourth-order valence-corrected chi connectivity index (χ4v) is 7.23. The molecule has 2 aliphatic rings. The number of hydrogen-bond acceptors (Lipinski definition) is 5. The lowest BCUT2D eigenvalue weighted by Crippen LogP contribution is -2.39. The normalized spacial score (nSPS) is 22.1. The summed E-state index contributed by atoms with van der Waals surface area (Å²) in [6.45, 7) is 0. The molecule has 0 amide bonds. The highest BCUT2D eigenvalue weighted by Crippen LogP contribution is 2.58. The van der Waals surface area contributed by atoms with Crippen molar-refractivity contribution in [2.75, 3.05) is 18.6 Å². The zero-order valence-electron chi connectivity index (χ0n) is 16.7. The van der Waals surface area contributed by atoms with Gasteiger partial charge in [0, 0.05) is 5.92 Å². The fourth-order valence-electron chi connectivity index (χ4n) is 4.13. The SMILES string of the molecule is COC(=O)[C@@H]1C(C2SCCCS2)=C(c2ccc(OC(F)(F)F)cc2)[C@H]1c1ccccc1. The Balaban J connectivity index is 1.79. The number of benzene rings is 2. The number of carbonyl (C=O) groups is 1. The molecule has 2 aromatic carbocycles. The number of allylic oxidation sites excluding steroid dienone is 1. The van der Waals surface area contributed by atoms with Gasteiger partial charge in [0.2, 0.25) is 0 Å². The van der Waals surface area contributed by atoms with Gasteiger partial charge in [0.25, 0.3) is 0 Å². The van der Waals surface area contributed by atoms with Gasteiger partial charge in [-0.05, 0) is 52.3 Å². The van der Waals surface area contributed by atoms with Crippen LogP contribution >= 0.6 is 23.5 Å². The van der Waals surface area contributed by atoms with Crippen molar-refractivity contribution in [3.05, 3.63) is 71.3 Å². The van der Waals surface area contributed by atoms with E-state index in [9.17, 15) is 18.0 Å². The van der Waals surface area contributed by atoms with Crippen LogP contribution in [0.2, 0.25) is 0 Å². The van der Waals surface area contributed by atoms with Gasteiger partial charge in [-0.2, -0.15) is 0 Å². The molecule has 1 aliphatic carbocycles. The first-order valence-electron chi connectivity index (χ1n) is 9.85. The molecule has 0 unspecified atom stereocenters. The van der Waals surface area contributed by atoms with Crippen LogP contribution in [0.15, 0.2) is 60.2 Å². The average Bonchev–Trinajstić information content (AvgIpc) is 2.74. The van der Waals surface area contributed by atoms with E-state index in [2.05, 4.69) is 4.74 Å². The van der Waals surface area contributed by atoms with E-state index in [0.29, 0.717) is 0 Å². The Kier molecular flexibility index (Phi) is 6.57. The molecule has 8 heteroatoms. The predicted octanol–water partition coefficient (Wildman–Crippen LogP) is 6.12. The Hall–Kier alpha value is -2.06. The third-order valence-electron chi connectivity index (χ3n) is 5.38. The van der Waals surface area contributed by atoms with Crippen LogP contribution in [0.3, 0.4) is 0 Å². The Morgan fingerprint density at radius 2 is 1.65 bits per heavy atom. The standard InChI is InChI=1S/C23H21F3O3S2/c1-28-21(27)19-17(14-6-3-2-4-7-14)18(20(19)22-30-12-5-13-31-22)15-8-10-16(11-9-15)29-23(24,25)26/h2-4,6-11,17,19,22H,5,12-13H2,1H3/t17-,19+/m1/s1. The minimum Gasteiger partial charge on any atom is -0.469 e. The van der Waals surface area contributed by atoms with Crippen LogP contribution < -0.4 is 4.74 Å². The third kappa shape index (κ3) is 4.75. The molecule has 0 saturated carbocycles. The Labute approximate surface area is 187 Å². The summed E-state index contributed by atoms with van der Waals surface area (Å²) in [4.78, 5) is 12.8. The first-order chi connectivity index (χ1) is 14.9. The Morgan fingerprint density at radius 3 is 2.23 bits per heavy atom. The van der Waals surface area contributed by atoms with Gasteiger partial charge in [0.15, 0.2) is 0 Å². The third-order valence-corrected chi connectivity index (χ3v) is 8.36. The first-order valence-corrected chi connectivity index (χ1v) is 11.9. The van der Waals surface area contributed by atoms with E-state index in [1.807, 2.05) is 53.9 Å². The molecule has 3 nitrogen and oxygen atoms in total. The van der Waals surface area contributed by atoms with Crippen molar-refractivity contribution >= 4 is 35.1 Å². The summed E-state index contributed by atoms with van der Waals surface area (Å²) in [5.41, 5.74) is 3.79. The zero-order chi connectivity index (χ0) is 22.0. The topological polar surface area (TPSA) is 35.5 Å². The molecule has 1 fully saturated rings. The highest BCUT2D eigenvalue weighted by atomic mass is 32.2. The predicted molar refractivity (Wildman–Crippen MR) is 118 cm³/mol. The van der Waals surface area contributed by atoms with Gasteiger partial charge < -0.3 is 9.47 Å². The maximum Gasteiger partial charge on any atom is 0.573 e. The van der Waals surface area contributed by atoms with Gasteiger partial charge >= 0.3 is 12.3 Å². The molecule has 31 heavy (non-hydrogen) atoms. The van der Waals surface area contributed by atoms with Gasteiger partial charge in [-0.3, -0.25) is 4.79 Å². The number of alkyl halides is 3. The second kappa shape index (κ2) is 9.20. The van der Waals surface area contributed by atoms with Crippen LogP contribution in [0, 0.1) is 5.92 Å². The number of ether oxygens (including phenoxy) is 2. The molecule has 0 aromatic heterocycles. The van der Waals surface area contributed by atoms with Crippen molar-refractivity contribution < 1.29 is 27.4 Å². The van der Waals surface area contributed by atoms with E-state index < -0.39 is 12.3 Å². The molecule has 0 spiro atoms. The first kappa shape index (κ1) is 22.1. The number of methoxy groups -OCH3 is 1. The maximum atomic E-state index is 12.8. The smallest absolute Gasteiger partial charge is 0.469 e. The molecule has 2 aromatic rings. The Morgan fingerprint density at radius 1 is 1.00 bits per heavy atom.